The number of nitriles is 2. The summed E-state index contributed by atoms with van der Waals surface area (Å²) in [4.78, 5) is 3.95. The minimum absolute atomic E-state index is 0.0515. The van der Waals surface area contributed by atoms with Crippen LogP contribution in [0.4, 0.5) is 0 Å². The molecule has 1 heterocycles. The van der Waals surface area contributed by atoms with E-state index in [2.05, 4.69) is 4.98 Å². The number of nitrogens with zero attached hydrogens (tertiary/aromatic N) is 4. The smallest absolute Gasteiger partial charge is 0.130 e. The van der Waals surface area contributed by atoms with Crippen LogP contribution in [0, 0.1) is 22.7 Å². The summed E-state index contributed by atoms with van der Waals surface area (Å²) in [6.07, 6.45) is 6.81. The van der Waals surface area contributed by atoms with E-state index < -0.39 is 0 Å². The van der Waals surface area contributed by atoms with Gasteiger partial charge in [-0.05, 0) is 12.1 Å². The van der Waals surface area contributed by atoms with Crippen LogP contribution in [0.3, 0.4) is 0 Å². The second kappa shape index (κ2) is 6.77. The van der Waals surface area contributed by atoms with Gasteiger partial charge in [0.15, 0.2) is 0 Å². The van der Waals surface area contributed by atoms with E-state index in [9.17, 15) is 0 Å². The van der Waals surface area contributed by atoms with Gasteiger partial charge in [-0.15, -0.1) is 0 Å². The molecule has 0 aliphatic rings. The number of hydrogen-bond acceptors (Lipinski definition) is 4. The summed E-state index contributed by atoms with van der Waals surface area (Å²) >= 11 is 0. The first-order chi connectivity index (χ1) is 9.83. The largest absolute Gasteiger partial charge is 0.491 e. The van der Waals surface area contributed by atoms with Gasteiger partial charge in [0.25, 0.3) is 0 Å². The van der Waals surface area contributed by atoms with Gasteiger partial charge in [0.2, 0.25) is 0 Å². The van der Waals surface area contributed by atoms with Crippen molar-refractivity contribution in [2.24, 2.45) is 0 Å². The standard InChI is InChI=1S/C15H12N4O/c16-10-13(11-17)9-14-3-1-2-4-15(14)20-8-7-19-6-5-18-12-19/h1-6,9,12H,7-8H2. The molecule has 5 nitrogen and oxygen atoms in total. The average Bonchev–Trinajstić information content (AvgIpc) is 2.99. The summed E-state index contributed by atoms with van der Waals surface area (Å²) in [5.74, 6) is 0.649. The summed E-state index contributed by atoms with van der Waals surface area (Å²) in [5.41, 5.74) is 0.770. The predicted molar refractivity (Wildman–Crippen MR) is 73.4 cm³/mol. The third-order valence-corrected chi connectivity index (χ3v) is 2.63. The number of hydrogen-bond donors (Lipinski definition) is 0. The van der Waals surface area contributed by atoms with E-state index in [-0.39, 0.29) is 5.57 Å². The van der Waals surface area contributed by atoms with Crippen LogP contribution in [0.25, 0.3) is 6.08 Å². The number of imidazole rings is 1. The number of aromatic nitrogens is 2. The summed E-state index contributed by atoms with van der Waals surface area (Å²) in [6.45, 7) is 1.16. The Kier molecular flexibility index (Phi) is 4.53. The Morgan fingerprint density at radius 1 is 1.30 bits per heavy atom. The van der Waals surface area contributed by atoms with Crippen LogP contribution in [-0.2, 0) is 6.54 Å². The SMILES string of the molecule is N#CC(C#N)=Cc1ccccc1OCCn1ccnc1. The topological polar surface area (TPSA) is 74.6 Å². The highest BCUT2D eigenvalue weighted by atomic mass is 16.5. The Morgan fingerprint density at radius 3 is 2.80 bits per heavy atom. The maximum atomic E-state index is 8.79. The van der Waals surface area contributed by atoms with Crippen LogP contribution in [0.5, 0.6) is 5.75 Å². The molecule has 0 saturated carbocycles. The molecule has 0 aliphatic carbocycles. The second-order valence-electron chi connectivity index (χ2n) is 3.97. The lowest BCUT2D eigenvalue weighted by molar-refractivity contribution is 0.297. The molecule has 0 saturated heterocycles. The van der Waals surface area contributed by atoms with Crippen LogP contribution in [0.1, 0.15) is 5.56 Å². The summed E-state index contributed by atoms with van der Waals surface area (Å²) in [7, 11) is 0. The van der Waals surface area contributed by atoms with Gasteiger partial charge in [-0.2, -0.15) is 10.5 Å². The Morgan fingerprint density at radius 2 is 2.10 bits per heavy atom. The zero-order valence-corrected chi connectivity index (χ0v) is 10.7. The monoisotopic (exact) mass is 264 g/mol. The molecule has 1 aromatic carbocycles. The van der Waals surface area contributed by atoms with Crippen molar-refractivity contribution in [1.29, 1.82) is 10.5 Å². The lowest BCUT2D eigenvalue weighted by Crippen LogP contribution is -2.07. The van der Waals surface area contributed by atoms with Gasteiger partial charge in [0.1, 0.15) is 30.1 Å². The fourth-order valence-corrected chi connectivity index (χ4v) is 1.66. The third-order valence-electron chi connectivity index (χ3n) is 2.63. The molecule has 2 rings (SSSR count). The van der Waals surface area contributed by atoms with Gasteiger partial charge < -0.3 is 9.30 Å². The van der Waals surface area contributed by atoms with Crippen LogP contribution < -0.4 is 4.74 Å². The van der Waals surface area contributed by atoms with Crippen LogP contribution >= 0.6 is 0 Å². The van der Waals surface area contributed by atoms with Crippen molar-refractivity contribution >= 4 is 6.08 Å². The maximum absolute atomic E-state index is 8.79. The highest BCUT2D eigenvalue weighted by molar-refractivity contribution is 5.66. The Hall–Kier alpha value is -3.05. The Bertz CT molecular complexity index is 659. The van der Waals surface area contributed by atoms with E-state index >= 15 is 0 Å². The molecule has 0 radical (unpaired) electrons. The van der Waals surface area contributed by atoms with Gasteiger partial charge in [0.05, 0.1) is 12.9 Å². The fraction of sp³-hybridized carbons (Fsp3) is 0.133. The third kappa shape index (κ3) is 3.47. The molecular weight excluding hydrogens is 252 g/mol. The minimum atomic E-state index is 0.0515. The normalized spacial score (nSPS) is 9.30. The quantitative estimate of drug-likeness (QED) is 0.777. The van der Waals surface area contributed by atoms with Crippen molar-refractivity contribution in [3.8, 4) is 17.9 Å². The van der Waals surface area contributed by atoms with Gasteiger partial charge >= 0.3 is 0 Å². The Labute approximate surface area is 117 Å². The minimum Gasteiger partial charge on any atom is -0.491 e. The van der Waals surface area contributed by atoms with E-state index in [0.29, 0.717) is 18.9 Å². The number of benzene rings is 1. The van der Waals surface area contributed by atoms with Crippen molar-refractivity contribution in [3.63, 3.8) is 0 Å². The van der Waals surface area contributed by atoms with Crippen molar-refractivity contribution < 1.29 is 4.74 Å². The molecule has 0 spiro atoms. The van der Waals surface area contributed by atoms with E-state index in [0.717, 1.165) is 5.56 Å². The predicted octanol–water partition coefficient (Wildman–Crippen LogP) is 2.39. The zero-order valence-electron chi connectivity index (χ0n) is 10.7. The lowest BCUT2D eigenvalue weighted by atomic mass is 10.1. The summed E-state index contributed by atoms with van der Waals surface area (Å²) in [5, 5.41) is 17.6. The van der Waals surface area contributed by atoms with Gasteiger partial charge in [-0.3, -0.25) is 0 Å². The van der Waals surface area contributed by atoms with Crippen molar-refractivity contribution in [2.75, 3.05) is 6.61 Å². The fourth-order valence-electron chi connectivity index (χ4n) is 1.66. The zero-order chi connectivity index (χ0) is 14.2. The molecule has 0 fully saturated rings. The van der Waals surface area contributed by atoms with E-state index in [1.54, 1.807) is 18.6 Å². The molecule has 0 N–H and O–H groups in total. The number of ether oxygens (including phenoxy) is 1. The van der Waals surface area contributed by atoms with E-state index in [4.69, 9.17) is 15.3 Å². The average molecular weight is 264 g/mol. The summed E-state index contributed by atoms with van der Waals surface area (Å²) < 4.78 is 7.60. The van der Waals surface area contributed by atoms with Crippen LogP contribution in [0.2, 0.25) is 0 Å². The number of para-hydroxylation sites is 1. The molecule has 0 amide bonds. The first kappa shape index (κ1) is 13.4. The van der Waals surface area contributed by atoms with Crippen molar-refractivity contribution in [2.45, 2.75) is 6.54 Å². The lowest BCUT2D eigenvalue weighted by Gasteiger charge is -2.09. The maximum Gasteiger partial charge on any atom is 0.130 e. The molecule has 0 unspecified atom stereocenters. The molecule has 0 bridgehead atoms. The van der Waals surface area contributed by atoms with Crippen molar-refractivity contribution in [3.05, 3.63) is 54.1 Å². The van der Waals surface area contributed by atoms with Crippen molar-refractivity contribution in [1.82, 2.24) is 9.55 Å². The molecular formula is C15H12N4O. The second-order valence-corrected chi connectivity index (χ2v) is 3.97. The molecule has 0 aliphatic heterocycles. The van der Waals surface area contributed by atoms with Crippen LogP contribution in [0.15, 0.2) is 48.6 Å². The van der Waals surface area contributed by atoms with Gasteiger partial charge in [0, 0.05) is 18.0 Å². The molecule has 20 heavy (non-hydrogen) atoms. The van der Waals surface area contributed by atoms with Gasteiger partial charge in [-0.25, -0.2) is 4.98 Å². The van der Waals surface area contributed by atoms with Crippen LogP contribution in [-0.4, -0.2) is 16.2 Å². The molecule has 1 aromatic heterocycles. The highest BCUT2D eigenvalue weighted by Crippen LogP contribution is 2.20. The molecule has 98 valence electrons. The number of allylic oxidation sites excluding steroid dienone is 1. The molecule has 0 atom stereocenters. The highest BCUT2D eigenvalue weighted by Gasteiger charge is 2.02. The Balaban J connectivity index is 2.07. The first-order valence-corrected chi connectivity index (χ1v) is 6.03. The van der Waals surface area contributed by atoms with E-state index in [1.165, 1.54) is 6.08 Å². The van der Waals surface area contributed by atoms with Gasteiger partial charge in [-0.1, -0.05) is 18.2 Å². The summed E-state index contributed by atoms with van der Waals surface area (Å²) in [6, 6.07) is 11.0. The van der Waals surface area contributed by atoms with E-state index in [1.807, 2.05) is 41.1 Å². The molecule has 2 aromatic rings. The molecule has 5 heteroatoms. The first-order valence-electron chi connectivity index (χ1n) is 6.03. The number of rotatable bonds is 5.